The van der Waals surface area contributed by atoms with Gasteiger partial charge in [-0.1, -0.05) is 13.8 Å². The summed E-state index contributed by atoms with van der Waals surface area (Å²) in [6.45, 7) is 9.82. The van der Waals surface area contributed by atoms with Gasteiger partial charge in [0, 0.05) is 6.54 Å². The van der Waals surface area contributed by atoms with E-state index in [2.05, 4.69) is 0 Å². The number of likely N-dealkylation sites (N-methyl/N-ethyl adjacent to an activating group) is 1. The van der Waals surface area contributed by atoms with Crippen LogP contribution in [0.1, 0.15) is 41.0 Å². The molecule has 0 aliphatic heterocycles. The highest BCUT2D eigenvalue weighted by molar-refractivity contribution is 5.77. The molecule has 0 aliphatic carbocycles. The molecule has 2 N–H and O–H groups in total. The molecule has 15 heavy (non-hydrogen) atoms. The molecule has 0 radical (unpaired) electrons. The smallest absolute Gasteiger partial charge is 0.323 e. The Morgan fingerprint density at radius 2 is 1.73 bits per heavy atom. The van der Waals surface area contributed by atoms with Gasteiger partial charge in [-0.15, -0.1) is 0 Å². The fraction of sp³-hybridized carbons (Fsp3) is 0.909. The number of hydrogen-bond donors (Lipinski definition) is 2. The summed E-state index contributed by atoms with van der Waals surface area (Å²) in [5, 5.41) is 19.0. The predicted octanol–water partition coefficient (Wildman–Crippen LogP) is 1.33. The van der Waals surface area contributed by atoms with Gasteiger partial charge in [0.15, 0.2) is 0 Å². The number of carboxylic acid groups (broad SMARTS) is 1. The third kappa shape index (κ3) is 3.80. The summed E-state index contributed by atoms with van der Waals surface area (Å²) in [6, 6.07) is 0. The van der Waals surface area contributed by atoms with Gasteiger partial charge in [-0.05, 0) is 33.7 Å². The van der Waals surface area contributed by atoms with Gasteiger partial charge in [-0.2, -0.15) is 0 Å². The first-order chi connectivity index (χ1) is 6.67. The Hall–Kier alpha value is -0.610. The number of carbonyl (C=O) groups is 1. The Morgan fingerprint density at radius 3 is 2.00 bits per heavy atom. The Bertz CT molecular complexity index is 224. The second-order valence-electron chi connectivity index (χ2n) is 4.73. The van der Waals surface area contributed by atoms with E-state index in [9.17, 15) is 9.90 Å². The van der Waals surface area contributed by atoms with E-state index < -0.39 is 17.1 Å². The van der Waals surface area contributed by atoms with Crippen molar-refractivity contribution in [3.8, 4) is 0 Å². The summed E-state index contributed by atoms with van der Waals surface area (Å²) in [6.07, 6.45) is 0.610. The molecule has 0 aromatic heterocycles. The van der Waals surface area contributed by atoms with E-state index >= 15 is 0 Å². The Morgan fingerprint density at radius 1 is 1.27 bits per heavy atom. The van der Waals surface area contributed by atoms with Gasteiger partial charge in [0.05, 0.1) is 5.60 Å². The fourth-order valence-electron chi connectivity index (χ4n) is 1.36. The van der Waals surface area contributed by atoms with E-state index in [1.54, 1.807) is 25.7 Å². The van der Waals surface area contributed by atoms with Crippen LogP contribution in [0.25, 0.3) is 0 Å². The maximum atomic E-state index is 11.1. The first-order valence-corrected chi connectivity index (χ1v) is 5.38. The lowest BCUT2D eigenvalue weighted by Crippen LogP contribution is -2.55. The quantitative estimate of drug-likeness (QED) is 0.704. The second-order valence-corrected chi connectivity index (χ2v) is 4.73. The van der Waals surface area contributed by atoms with Gasteiger partial charge >= 0.3 is 5.97 Å². The van der Waals surface area contributed by atoms with Crippen molar-refractivity contribution in [1.82, 2.24) is 4.90 Å². The normalized spacial score (nSPS) is 16.5. The van der Waals surface area contributed by atoms with E-state index in [1.807, 2.05) is 13.8 Å². The highest BCUT2D eigenvalue weighted by Crippen LogP contribution is 2.19. The molecule has 0 saturated carbocycles. The molecule has 0 heterocycles. The topological polar surface area (TPSA) is 60.8 Å². The third-order valence-electron chi connectivity index (χ3n) is 2.99. The van der Waals surface area contributed by atoms with Crippen molar-refractivity contribution in [3.05, 3.63) is 0 Å². The minimum absolute atomic E-state index is 0.374. The molecule has 4 nitrogen and oxygen atoms in total. The maximum absolute atomic E-state index is 11.1. The van der Waals surface area contributed by atoms with Crippen molar-refractivity contribution in [2.45, 2.75) is 52.2 Å². The molecule has 0 amide bonds. The number of β-amino-alcohol motifs (C(OH)–C–C–N with tert-alkyl or cyclic N) is 1. The zero-order chi connectivity index (χ0) is 12.3. The molecule has 0 bridgehead atoms. The lowest BCUT2D eigenvalue weighted by atomic mass is 9.97. The number of nitrogens with zero attached hydrogens (tertiary/aromatic N) is 1. The molecule has 0 spiro atoms. The first kappa shape index (κ1) is 14.4. The Kier molecular flexibility index (Phi) is 4.74. The minimum atomic E-state index is -0.937. The van der Waals surface area contributed by atoms with Crippen molar-refractivity contribution >= 4 is 5.97 Å². The highest BCUT2D eigenvalue weighted by Gasteiger charge is 2.36. The van der Waals surface area contributed by atoms with E-state index in [0.717, 1.165) is 0 Å². The predicted molar refractivity (Wildman–Crippen MR) is 59.9 cm³/mol. The van der Waals surface area contributed by atoms with Crippen molar-refractivity contribution in [2.24, 2.45) is 0 Å². The number of aliphatic hydroxyl groups is 1. The van der Waals surface area contributed by atoms with Gasteiger partial charge in [0.2, 0.25) is 0 Å². The molecule has 4 heteroatoms. The summed E-state index contributed by atoms with van der Waals surface area (Å²) in [4.78, 5) is 12.8. The summed E-state index contributed by atoms with van der Waals surface area (Å²) in [5.74, 6) is -0.865. The Labute approximate surface area is 91.9 Å². The van der Waals surface area contributed by atoms with Crippen molar-refractivity contribution in [1.29, 1.82) is 0 Å². The summed E-state index contributed by atoms with van der Waals surface area (Å²) in [5.41, 5.74) is -1.77. The van der Waals surface area contributed by atoms with Crippen molar-refractivity contribution in [3.63, 3.8) is 0 Å². The number of rotatable bonds is 6. The van der Waals surface area contributed by atoms with Crippen LogP contribution in [0.5, 0.6) is 0 Å². The second kappa shape index (κ2) is 4.94. The van der Waals surface area contributed by atoms with Crippen LogP contribution in [0.15, 0.2) is 0 Å². The molecule has 0 saturated heterocycles. The van der Waals surface area contributed by atoms with Crippen LogP contribution in [0.3, 0.4) is 0 Å². The number of hydrogen-bond acceptors (Lipinski definition) is 3. The summed E-state index contributed by atoms with van der Waals surface area (Å²) < 4.78 is 0. The van der Waals surface area contributed by atoms with E-state index in [0.29, 0.717) is 19.5 Å². The van der Waals surface area contributed by atoms with Crippen LogP contribution >= 0.6 is 0 Å². The monoisotopic (exact) mass is 217 g/mol. The molecule has 1 unspecified atom stereocenters. The zero-order valence-electron chi connectivity index (χ0n) is 10.4. The largest absolute Gasteiger partial charge is 0.480 e. The van der Waals surface area contributed by atoms with Crippen molar-refractivity contribution in [2.75, 3.05) is 13.1 Å². The molecular weight excluding hydrogens is 194 g/mol. The van der Waals surface area contributed by atoms with Gasteiger partial charge in [-0.25, -0.2) is 0 Å². The standard InChI is InChI=1S/C11H23NO3/c1-6-11(5,15)8-12(7-2)10(3,4)9(13)14/h15H,6-8H2,1-5H3,(H,13,14). The average molecular weight is 217 g/mol. The molecule has 0 fully saturated rings. The molecule has 0 rings (SSSR count). The minimum Gasteiger partial charge on any atom is -0.480 e. The van der Waals surface area contributed by atoms with E-state index in [4.69, 9.17) is 5.11 Å². The average Bonchev–Trinajstić information content (AvgIpc) is 2.13. The van der Waals surface area contributed by atoms with Crippen molar-refractivity contribution < 1.29 is 15.0 Å². The fourth-order valence-corrected chi connectivity index (χ4v) is 1.36. The van der Waals surface area contributed by atoms with Crippen LogP contribution in [0.4, 0.5) is 0 Å². The lowest BCUT2D eigenvalue weighted by Gasteiger charge is -2.38. The zero-order valence-corrected chi connectivity index (χ0v) is 10.4. The van der Waals surface area contributed by atoms with E-state index in [-0.39, 0.29) is 0 Å². The summed E-state index contributed by atoms with van der Waals surface area (Å²) >= 11 is 0. The number of aliphatic carboxylic acids is 1. The van der Waals surface area contributed by atoms with Crippen LogP contribution in [-0.4, -0.2) is 45.3 Å². The Balaban J connectivity index is 4.71. The highest BCUT2D eigenvalue weighted by atomic mass is 16.4. The van der Waals surface area contributed by atoms with Gasteiger partial charge in [-0.3, -0.25) is 9.69 Å². The SMILES string of the molecule is CCN(CC(C)(O)CC)C(C)(C)C(=O)O. The van der Waals surface area contributed by atoms with Gasteiger partial charge in [0.25, 0.3) is 0 Å². The van der Waals surface area contributed by atoms with Crippen LogP contribution in [-0.2, 0) is 4.79 Å². The molecule has 90 valence electrons. The van der Waals surface area contributed by atoms with Crippen LogP contribution in [0, 0.1) is 0 Å². The first-order valence-electron chi connectivity index (χ1n) is 5.38. The molecule has 0 aromatic rings. The lowest BCUT2D eigenvalue weighted by molar-refractivity contribution is -0.151. The summed E-state index contributed by atoms with van der Waals surface area (Å²) in [7, 11) is 0. The third-order valence-corrected chi connectivity index (χ3v) is 2.99. The molecule has 0 aliphatic rings. The van der Waals surface area contributed by atoms with E-state index in [1.165, 1.54) is 0 Å². The van der Waals surface area contributed by atoms with Gasteiger partial charge in [0.1, 0.15) is 5.54 Å². The maximum Gasteiger partial charge on any atom is 0.323 e. The molecule has 0 aromatic carbocycles. The van der Waals surface area contributed by atoms with Crippen LogP contribution < -0.4 is 0 Å². The molecular formula is C11H23NO3. The van der Waals surface area contributed by atoms with Gasteiger partial charge < -0.3 is 10.2 Å². The number of carboxylic acids is 1. The van der Waals surface area contributed by atoms with Crippen LogP contribution in [0.2, 0.25) is 0 Å². The molecule has 1 atom stereocenters.